The van der Waals surface area contributed by atoms with Crippen LogP contribution in [-0.2, 0) is 0 Å². The fourth-order valence-corrected chi connectivity index (χ4v) is 1.78. The molecule has 15 heavy (non-hydrogen) atoms. The van der Waals surface area contributed by atoms with Gasteiger partial charge in [-0.2, -0.15) is 0 Å². The molecule has 0 saturated heterocycles. The number of hydrogen-bond acceptors (Lipinski definition) is 3. The normalized spacial score (nSPS) is 20.4. The largest absolute Gasteiger partial charge is 0.349 e. The molecule has 1 atom stereocenters. The highest BCUT2D eigenvalue weighted by Crippen LogP contribution is 2.19. The standard InChI is InChI=1S/C12H17N3/c1-15(2)12-13-9-8-11(14-12)10-6-4-3-5-7-10/h3-7,11H,8-9H2,1-2H3,(H,13,14)/t11-/m1/s1. The van der Waals surface area contributed by atoms with E-state index < -0.39 is 0 Å². The second kappa shape index (κ2) is 4.34. The van der Waals surface area contributed by atoms with E-state index in [0.717, 1.165) is 18.9 Å². The Labute approximate surface area is 90.8 Å². The van der Waals surface area contributed by atoms with Gasteiger partial charge in [0.2, 0.25) is 0 Å². The molecule has 0 aliphatic carbocycles. The van der Waals surface area contributed by atoms with Gasteiger partial charge in [0.1, 0.15) is 0 Å². The van der Waals surface area contributed by atoms with Gasteiger partial charge in [-0.25, -0.2) is 0 Å². The van der Waals surface area contributed by atoms with Crippen LogP contribution in [0.5, 0.6) is 0 Å². The smallest absolute Gasteiger partial charge is 0.193 e. The second-order valence-corrected chi connectivity index (χ2v) is 4.00. The summed E-state index contributed by atoms with van der Waals surface area (Å²) >= 11 is 0. The highest BCUT2D eigenvalue weighted by molar-refractivity contribution is 5.80. The maximum Gasteiger partial charge on any atom is 0.193 e. The van der Waals surface area contributed by atoms with Crippen molar-refractivity contribution in [2.45, 2.75) is 12.5 Å². The van der Waals surface area contributed by atoms with Crippen molar-refractivity contribution in [2.24, 2.45) is 4.99 Å². The van der Waals surface area contributed by atoms with Crippen molar-refractivity contribution in [1.82, 2.24) is 10.2 Å². The lowest BCUT2D eigenvalue weighted by molar-refractivity contribution is 0.494. The first-order valence-electron chi connectivity index (χ1n) is 5.30. The van der Waals surface area contributed by atoms with E-state index in [4.69, 9.17) is 0 Å². The Bertz CT molecular complexity index is 343. The summed E-state index contributed by atoms with van der Waals surface area (Å²) in [6.07, 6.45) is 1.07. The molecule has 1 heterocycles. The Kier molecular flexibility index (Phi) is 2.90. The lowest BCUT2D eigenvalue weighted by atomic mass is 10.0. The van der Waals surface area contributed by atoms with Gasteiger partial charge in [-0.15, -0.1) is 0 Å². The van der Waals surface area contributed by atoms with Gasteiger partial charge >= 0.3 is 0 Å². The molecule has 1 aromatic rings. The quantitative estimate of drug-likeness (QED) is 0.751. The topological polar surface area (TPSA) is 27.6 Å². The van der Waals surface area contributed by atoms with E-state index in [1.165, 1.54) is 5.56 Å². The zero-order valence-corrected chi connectivity index (χ0v) is 9.27. The maximum absolute atomic E-state index is 4.44. The first-order valence-corrected chi connectivity index (χ1v) is 5.30. The Balaban J connectivity index is 2.11. The predicted octanol–water partition coefficient (Wildman–Crippen LogP) is 1.64. The fourth-order valence-electron chi connectivity index (χ4n) is 1.78. The summed E-state index contributed by atoms with van der Waals surface area (Å²) < 4.78 is 0. The van der Waals surface area contributed by atoms with Crippen molar-refractivity contribution >= 4 is 5.96 Å². The van der Waals surface area contributed by atoms with Gasteiger partial charge < -0.3 is 10.2 Å². The van der Waals surface area contributed by atoms with E-state index in [9.17, 15) is 0 Å². The Morgan fingerprint density at radius 1 is 1.27 bits per heavy atom. The van der Waals surface area contributed by atoms with Crippen LogP contribution >= 0.6 is 0 Å². The molecule has 0 bridgehead atoms. The van der Waals surface area contributed by atoms with Crippen LogP contribution in [0, 0.1) is 0 Å². The summed E-state index contributed by atoms with van der Waals surface area (Å²) in [5.41, 5.74) is 1.34. The molecular formula is C12H17N3. The monoisotopic (exact) mass is 203 g/mol. The summed E-state index contributed by atoms with van der Waals surface area (Å²) in [7, 11) is 4.03. The first-order chi connectivity index (χ1) is 7.27. The molecule has 0 unspecified atom stereocenters. The molecule has 0 saturated carbocycles. The van der Waals surface area contributed by atoms with Crippen LogP contribution in [0.2, 0.25) is 0 Å². The molecule has 0 radical (unpaired) electrons. The number of benzene rings is 1. The molecule has 1 aromatic carbocycles. The van der Waals surface area contributed by atoms with E-state index in [-0.39, 0.29) is 0 Å². The zero-order valence-electron chi connectivity index (χ0n) is 9.27. The number of aliphatic imine (C=N–C) groups is 1. The van der Waals surface area contributed by atoms with Gasteiger partial charge in [0.05, 0.1) is 6.04 Å². The summed E-state index contributed by atoms with van der Waals surface area (Å²) in [5.74, 6) is 0.982. The van der Waals surface area contributed by atoms with Gasteiger partial charge in [-0.05, 0) is 12.0 Å². The second-order valence-electron chi connectivity index (χ2n) is 4.00. The minimum absolute atomic E-state index is 0.404. The summed E-state index contributed by atoms with van der Waals surface area (Å²) in [6.45, 7) is 0.903. The molecule has 1 aliphatic heterocycles. The minimum Gasteiger partial charge on any atom is -0.349 e. The van der Waals surface area contributed by atoms with Gasteiger partial charge in [0, 0.05) is 20.6 Å². The molecule has 1 aliphatic rings. The Hall–Kier alpha value is -1.51. The lowest BCUT2D eigenvalue weighted by Gasteiger charge is -2.28. The molecule has 0 spiro atoms. The van der Waals surface area contributed by atoms with Crippen LogP contribution in [0.25, 0.3) is 0 Å². The number of nitrogens with zero attached hydrogens (tertiary/aromatic N) is 2. The minimum atomic E-state index is 0.404. The van der Waals surface area contributed by atoms with E-state index in [2.05, 4.69) is 34.6 Å². The van der Waals surface area contributed by atoms with Crippen LogP contribution in [0.3, 0.4) is 0 Å². The van der Waals surface area contributed by atoms with Crippen LogP contribution in [0.1, 0.15) is 18.0 Å². The summed E-state index contributed by atoms with van der Waals surface area (Å²) in [6, 6.07) is 10.9. The molecule has 80 valence electrons. The van der Waals surface area contributed by atoms with Crippen LogP contribution < -0.4 is 5.32 Å². The van der Waals surface area contributed by atoms with Gasteiger partial charge in [0.25, 0.3) is 0 Å². The Morgan fingerprint density at radius 2 is 2.00 bits per heavy atom. The molecule has 0 aromatic heterocycles. The van der Waals surface area contributed by atoms with E-state index >= 15 is 0 Å². The molecule has 0 fully saturated rings. The van der Waals surface area contributed by atoms with Gasteiger partial charge in [0.15, 0.2) is 5.96 Å². The molecular weight excluding hydrogens is 186 g/mol. The predicted molar refractivity (Wildman–Crippen MR) is 62.9 cm³/mol. The average molecular weight is 203 g/mol. The maximum atomic E-state index is 4.44. The van der Waals surface area contributed by atoms with E-state index in [0.29, 0.717) is 6.04 Å². The third kappa shape index (κ3) is 2.29. The molecule has 1 N–H and O–H groups in total. The highest BCUT2D eigenvalue weighted by atomic mass is 15.3. The average Bonchev–Trinajstić information content (AvgIpc) is 2.30. The van der Waals surface area contributed by atoms with Crippen LogP contribution in [-0.4, -0.2) is 31.5 Å². The fraction of sp³-hybridized carbons (Fsp3) is 0.417. The van der Waals surface area contributed by atoms with Crippen molar-refractivity contribution in [3.63, 3.8) is 0 Å². The lowest BCUT2D eigenvalue weighted by Crippen LogP contribution is -2.41. The van der Waals surface area contributed by atoms with Crippen molar-refractivity contribution in [1.29, 1.82) is 0 Å². The SMILES string of the molecule is CN(C)C1=NCC[C@H](c2ccccc2)N1. The summed E-state index contributed by atoms with van der Waals surface area (Å²) in [5, 5.41) is 3.45. The summed E-state index contributed by atoms with van der Waals surface area (Å²) in [4.78, 5) is 6.46. The van der Waals surface area contributed by atoms with Crippen LogP contribution in [0.4, 0.5) is 0 Å². The Morgan fingerprint density at radius 3 is 2.67 bits per heavy atom. The van der Waals surface area contributed by atoms with Crippen LogP contribution in [0.15, 0.2) is 35.3 Å². The highest BCUT2D eigenvalue weighted by Gasteiger charge is 2.17. The third-order valence-corrected chi connectivity index (χ3v) is 2.61. The molecule has 3 nitrogen and oxygen atoms in total. The van der Waals surface area contributed by atoms with Crippen molar-refractivity contribution in [2.75, 3.05) is 20.6 Å². The molecule has 2 rings (SSSR count). The van der Waals surface area contributed by atoms with Crippen molar-refractivity contribution < 1.29 is 0 Å². The third-order valence-electron chi connectivity index (χ3n) is 2.61. The number of guanidine groups is 1. The molecule has 0 amide bonds. The van der Waals surface area contributed by atoms with E-state index in [1.807, 2.05) is 25.1 Å². The van der Waals surface area contributed by atoms with Gasteiger partial charge in [-0.1, -0.05) is 30.3 Å². The van der Waals surface area contributed by atoms with E-state index in [1.54, 1.807) is 0 Å². The number of hydrogen-bond donors (Lipinski definition) is 1. The first kappa shape index (κ1) is 10.0. The van der Waals surface area contributed by atoms with Crippen molar-refractivity contribution in [3.05, 3.63) is 35.9 Å². The van der Waals surface area contributed by atoms with Crippen molar-refractivity contribution in [3.8, 4) is 0 Å². The molecule has 3 heteroatoms. The zero-order chi connectivity index (χ0) is 10.7. The number of rotatable bonds is 1. The van der Waals surface area contributed by atoms with Gasteiger partial charge in [-0.3, -0.25) is 4.99 Å². The number of nitrogens with one attached hydrogen (secondary N) is 1.